The first-order valence-corrected chi connectivity index (χ1v) is 5.16. The second-order valence-corrected chi connectivity index (χ2v) is 3.87. The Bertz CT molecular complexity index is 240. The molecule has 0 atom stereocenters. The van der Waals surface area contributed by atoms with Gasteiger partial charge in [0.1, 0.15) is 5.82 Å². The van der Waals surface area contributed by atoms with Crippen molar-refractivity contribution in [1.29, 1.82) is 0 Å². The Morgan fingerprint density at radius 1 is 1.73 bits per heavy atom. The van der Waals surface area contributed by atoms with Gasteiger partial charge in [0.2, 0.25) is 0 Å². The van der Waals surface area contributed by atoms with Gasteiger partial charge in [-0.15, -0.1) is 0 Å². The molecular formula is C8H12N2S. The molecule has 0 bridgehead atoms. The molecule has 2 nitrogen and oxygen atoms in total. The van der Waals surface area contributed by atoms with E-state index in [1.807, 2.05) is 18.0 Å². The first kappa shape index (κ1) is 7.22. The van der Waals surface area contributed by atoms with Crippen molar-refractivity contribution in [2.75, 3.05) is 11.5 Å². The normalized spacial score (nSPS) is 18.3. The number of nitrogens with zero attached hydrogens (tertiary/aromatic N) is 2. The Kier molecular flexibility index (Phi) is 1.90. The van der Waals surface area contributed by atoms with Crippen molar-refractivity contribution in [2.45, 2.75) is 19.4 Å². The van der Waals surface area contributed by atoms with E-state index in [-0.39, 0.29) is 0 Å². The lowest BCUT2D eigenvalue weighted by molar-refractivity contribution is 0.565. The third-order valence-corrected chi connectivity index (χ3v) is 3.32. The molecule has 1 aromatic rings. The van der Waals surface area contributed by atoms with Gasteiger partial charge in [0.15, 0.2) is 0 Å². The average molecular weight is 168 g/mol. The van der Waals surface area contributed by atoms with Crippen molar-refractivity contribution in [3.05, 3.63) is 18.2 Å². The van der Waals surface area contributed by atoms with Crippen molar-refractivity contribution in [1.82, 2.24) is 9.55 Å². The maximum Gasteiger partial charge on any atom is 0.108 e. The zero-order chi connectivity index (χ0) is 7.68. The molecule has 0 aliphatic carbocycles. The van der Waals surface area contributed by atoms with E-state index in [4.69, 9.17) is 0 Å². The molecule has 0 spiro atoms. The van der Waals surface area contributed by atoms with Gasteiger partial charge in [-0.2, -0.15) is 11.8 Å². The Balaban J connectivity index is 2.20. The van der Waals surface area contributed by atoms with E-state index in [0.29, 0.717) is 0 Å². The third-order valence-electron chi connectivity index (χ3n) is 2.08. The molecule has 0 N–H and O–H groups in total. The second-order valence-electron chi connectivity index (χ2n) is 2.80. The predicted octanol–water partition coefficient (Wildman–Crippen LogP) is 1.73. The molecule has 0 amide bonds. The van der Waals surface area contributed by atoms with E-state index in [9.17, 15) is 0 Å². The van der Waals surface area contributed by atoms with Crippen LogP contribution in [0, 0.1) is 0 Å². The minimum atomic E-state index is 0.734. The molecular weight excluding hydrogens is 156 g/mol. The number of hydrogen-bond acceptors (Lipinski definition) is 2. The maximum atomic E-state index is 4.29. The largest absolute Gasteiger partial charge is 0.330 e. The summed E-state index contributed by atoms with van der Waals surface area (Å²) in [5.74, 6) is 3.77. The van der Waals surface area contributed by atoms with Crippen LogP contribution in [0.5, 0.6) is 0 Å². The van der Waals surface area contributed by atoms with E-state index in [1.165, 1.54) is 17.3 Å². The Hall–Kier alpha value is -0.440. The monoisotopic (exact) mass is 168 g/mol. The van der Waals surface area contributed by atoms with Crippen LogP contribution in [0.1, 0.15) is 18.8 Å². The minimum Gasteiger partial charge on any atom is -0.330 e. The van der Waals surface area contributed by atoms with E-state index in [1.54, 1.807) is 0 Å². The fraction of sp³-hybridized carbons (Fsp3) is 0.625. The van der Waals surface area contributed by atoms with Gasteiger partial charge in [-0.25, -0.2) is 4.98 Å². The molecule has 1 aliphatic rings. The highest BCUT2D eigenvalue weighted by atomic mass is 32.2. The summed E-state index contributed by atoms with van der Waals surface area (Å²) in [4.78, 5) is 4.29. The van der Waals surface area contributed by atoms with E-state index in [0.717, 1.165) is 12.5 Å². The summed E-state index contributed by atoms with van der Waals surface area (Å²) < 4.78 is 2.32. The van der Waals surface area contributed by atoms with Gasteiger partial charge in [-0.05, 0) is 0 Å². The molecule has 11 heavy (non-hydrogen) atoms. The molecule has 2 heterocycles. The fourth-order valence-electron chi connectivity index (χ4n) is 1.33. The molecule has 0 saturated carbocycles. The standard InChI is InChI=1S/C8H12N2S/c1-2-8-9-3-4-10(8)7-5-11-6-7/h3-4,7H,2,5-6H2,1H3. The molecule has 1 saturated heterocycles. The van der Waals surface area contributed by atoms with Crippen LogP contribution in [-0.2, 0) is 6.42 Å². The molecule has 60 valence electrons. The van der Waals surface area contributed by atoms with Gasteiger partial charge in [0.05, 0.1) is 6.04 Å². The summed E-state index contributed by atoms with van der Waals surface area (Å²) in [5, 5.41) is 0. The smallest absolute Gasteiger partial charge is 0.108 e. The molecule has 0 radical (unpaired) electrons. The molecule has 0 aromatic carbocycles. The summed E-state index contributed by atoms with van der Waals surface area (Å²) in [6, 6.07) is 0.734. The Labute approximate surface area is 71.0 Å². The van der Waals surface area contributed by atoms with Gasteiger partial charge in [0, 0.05) is 30.3 Å². The lowest BCUT2D eigenvalue weighted by Gasteiger charge is -2.27. The molecule has 3 heteroatoms. The number of aromatic nitrogens is 2. The van der Waals surface area contributed by atoms with Gasteiger partial charge < -0.3 is 4.57 Å². The van der Waals surface area contributed by atoms with Crippen LogP contribution >= 0.6 is 11.8 Å². The van der Waals surface area contributed by atoms with E-state index >= 15 is 0 Å². The summed E-state index contributed by atoms with van der Waals surface area (Å²) in [6.45, 7) is 2.16. The molecule has 1 aliphatic heterocycles. The van der Waals surface area contributed by atoms with Crippen LogP contribution in [0.4, 0.5) is 0 Å². The zero-order valence-corrected chi connectivity index (χ0v) is 7.47. The first-order valence-electron chi connectivity index (χ1n) is 4.01. The van der Waals surface area contributed by atoms with Crippen LogP contribution < -0.4 is 0 Å². The molecule has 1 fully saturated rings. The minimum absolute atomic E-state index is 0.734. The summed E-state index contributed by atoms with van der Waals surface area (Å²) in [5.41, 5.74) is 0. The van der Waals surface area contributed by atoms with Gasteiger partial charge in [-0.1, -0.05) is 6.92 Å². The predicted molar refractivity (Wildman–Crippen MR) is 48.0 cm³/mol. The Morgan fingerprint density at radius 3 is 3.09 bits per heavy atom. The van der Waals surface area contributed by atoms with Crippen molar-refractivity contribution >= 4 is 11.8 Å². The fourth-order valence-corrected chi connectivity index (χ4v) is 2.10. The molecule has 1 aromatic heterocycles. The number of imidazole rings is 1. The summed E-state index contributed by atoms with van der Waals surface area (Å²) >= 11 is 2.01. The van der Waals surface area contributed by atoms with Crippen LogP contribution in [0.15, 0.2) is 12.4 Å². The highest BCUT2D eigenvalue weighted by molar-refractivity contribution is 8.00. The first-order chi connectivity index (χ1) is 5.42. The van der Waals surface area contributed by atoms with Crippen LogP contribution in [0.2, 0.25) is 0 Å². The summed E-state index contributed by atoms with van der Waals surface area (Å²) in [7, 11) is 0. The SMILES string of the molecule is CCc1nccn1C1CSC1. The third kappa shape index (κ3) is 1.18. The topological polar surface area (TPSA) is 17.8 Å². The summed E-state index contributed by atoms with van der Waals surface area (Å²) in [6.07, 6.45) is 5.05. The van der Waals surface area contributed by atoms with E-state index < -0.39 is 0 Å². The highest BCUT2D eigenvalue weighted by Crippen LogP contribution is 2.29. The van der Waals surface area contributed by atoms with Gasteiger partial charge >= 0.3 is 0 Å². The second kappa shape index (κ2) is 2.89. The highest BCUT2D eigenvalue weighted by Gasteiger charge is 2.21. The van der Waals surface area contributed by atoms with Crippen LogP contribution in [0.3, 0.4) is 0 Å². The van der Waals surface area contributed by atoms with Crippen LogP contribution in [0.25, 0.3) is 0 Å². The lowest BCUT2D eigenvalue weighted by Crippen LogP contribution is -2.23. The van der Waals surface area contributed by atoms with Crippen molar-refractivity contribution < 1.29 is 0 Å². The Morgan fingerprint density at radius 2 is 2.55 bits per heavy atom. The zero-order valence-electron chi connectivity index (χ0n) is 6.66. The maximum absolute atomic E-state index is 4.29. The number of aryl methyl sites for hydroxylation is 1. The number of rotatable bonds is 2. The van der Waals surface area contributed by atoms with E-state index in [2.05, 4.69) is 22.7 Å². The van der Waals surface area contributed by atoms with Crippen LogP contribution in [-0.4, -0.2) is 21.1 Å². The van der Waals surface area contributed by atoms with Crippen molar-refractivity contribution in [3.63, 3.8) is 0 Å². The molecule has 0 unspecified atom stereocenters. The van der Waals surface area contributed by atoms with Gasteiger partial charge in [-0.3, -0.25) is 0 Å². The van der Waals surface area contributed by atoms with Crippen molar-refractivity contribution in [2.24, 2.45) is 0 Å². The molecule has 2 rings (SSSR count). The quantitative estimate of drug-likeness (QED) is 0.669. The number of hydrogen-bond donors (Lipinski definition) is 0. The van der Waals surface area contributed by atoms with Gasteiger partial charge in [0.25, 0.3) is 0 Å². The van der Waals surface area contributed by atoms with Crippen molar-refractivity contribution in [3.8, 4) is 0 Å². The number of thioether (sulfide) groups is 1. The average Bonchev–Trinajstić information content (AvgIpc) is 2.32. The lowest BCUT2D eigenvalue weighted by atomic mass is 10.3.